The first kappa shape index (κ1) is 13.6. The molecule has 1 atom stereocenters. The van der Waals surface area contributed by atoms with E-state index in [0.29, 0.717) is 6.04 Å². The Balaban J connectivity index is 1.81. The SMILES string of the molecule is Cc1cccc(CN[C@@H](C)C2CCCCCC2)c1. The summed E-state index contributed by atoms with van der Waals surface area (Å²) in [4.78, 5) is 0. The van der Waals surface area contributed by atoms with E-state index in [4.69, 9.17) is 0 Å². The van der Waals surface area contributed by atoms with Gasteiger partial charge in [0.1, 0.15) is 0 Å². The summed E-state index contributed by atoms with van der Waals surface area (Å²) in [5, 5.41) is 3.72. The molecule has 0 heterocycles. The molecule has 0 saturated heterocycles. The molecule has 0 radical (unpaired) electrons. The first-order chi connectivity index (χ1) is 8.75. The van der Waals surface area contributed by atoms with Gasteiger partial charge in [0.15, 0.2) is 0 Å². The largest absolute Gasteiger partial charge is 0.310 e. The average Bonchev–Trinajstić information content (AvgIpc) is 2.65. The van der Waals surface area contributed by atoms with Crippen LogP contribution in [0.15, 0.2) is 24.3 Å². The lowest BCUT2D eigenvalue weighted by atomic mass is 9.93. The second kappa shape index (κ2) is 6.94. The number of hydrogen-bond donors (Lipinski definition) is 1. The number of benzene rings is 1. The van der Waals surface area contributed by atoms with E-state index in [1.807, 2.05) is 0 Å². The summed E-state index contributed by atoms with van der Waals surface area (Å²) in [7, 11) is 0. The van der Waals surface area contributed by atoms with Crippen LogP contribution >= 0.6 is 0 Å². The van der Waals surface area contributed by atoms with Crippen molar-refractivity contribution >= 4 is 0 Å². The summed E-state index contributed by atoms with van der Waals surface area (Å²) in [6, 6.07) is 9.48. The van der Waals surface area contributed by atoms with Crippen molar-refractivity contribution in [3.05, 3.63) is 35.4 Å². The van der Waals surface area contributed by atoms with Gasteiger partial charge in [0.25, 0.3) is 0 Å². The lowest BCUT2D eigenvalue weighted by molar-refractivity contribution is 0.336. The van der Waals surface area contributed by atoms with Gasteiger partial charge in [-0.05, 0) is 38.2 Å². The molecule has 18 heavy (non-hydrogen) atoms. The monoisotopic (exact) mass is 245 g/mol. The summed E-state index contributed by atoms with van der Waals surface area (Å²) < 4.78 is 0. The van der Waals surface area contributed by atoms with Gasteiger partial charge < -0.3 is 5.32 Å². The molecule has 0 aliphatic heterocycles. The molecule has 1 nitrogen and oxygen atoms in total. The predicted molar refractivity (Wildman–Crippen MR) is 78.7 cm³/mol. The normalized spacial score (nSPS) is 19.4. The van der Waals surface area contributed by atoms with Crippen molar-refractivity contribution in [2.45, 2.75) is 65.0 Å². The van der Waals surface area contributed by atoms with Crippen molar-refractivity contribution in [1.29, 1.82) is 0 Å². The highest BCUT2D eigenvalue weighted by Gasteiger charge is 2.18. The summed E-state index contributed by atoms with van der Waals surface area (Å²) in [6.45, 7) is 5.54. The molecule has 1 aliphatic carbocycles. The first-order valence-electron chi connectivity index (χ1n) is 7.54. The van der Waals surface area contributed by atoms with Crippen LogP contribution in [0.4, 0.5) is 0 Å². The van der Waals surface area contributed by atoms with E-state index < -0.39 is 0 Å². The maximum atomic E-state index is 3.72. The molecule has 1 aliphatic rings. The van der Waals surface area contributed by atoms with Gasteiger partial charge in [-0.3, -0.25) is 0 Å². The summed E-state index contributed by atoms with van der Waals surface area (Å²) in [5.41, 5.74) is 2.77. The van der Waals surface area contributed by atoms with Gasteiger partial charge in [0, 0.05) is 12.6 Å². The van der Waals surface area contributed by atoms with Crippen LogP contribution in [0.5, 0.6) is 0 Å². The van der Waals surface area contributed by atoms with Crippen LogP contribution in [0, 0.1) is 12.8 Å². The molecule has 2 rings (SSSR count). The third kappa shape index (κ3) is 4.13. The Hall–Kier alpha value is -0.820. The van der Waals surface area contributed by atoms with Gasteiger partial charge in [-0.25, -0.2) is 0 Å². The molecule has 0 bridgehead atoms. The Morgan fingerprint density at radius 3 is 2.56 bits per heavy atom. The molecule has 1 aromatic rings. The van der Waals surface area contributed by atoms with Crippen molar-refractivity contribution < 1.29 is 0 Å². The first-order valence-corrected chi connectivity index (χ1v) is 7.54. The number of rotatable bonds is 4. The highest BCUT2D eigenvalue weighted by atomic mass is 14.9. The smallest absolute Gasteiger partial charge is 0.0208 e. The number of nitrogens with one attached hydrogen (secondary N) is 1. The molecule has 0 aromatic heterocycles. The lowest BCUT2D eigenvalue weighted by Crippen LogP contribution is -2.32. The minimum atomic E-state index is 0.656. The van der Waals surface area contributed by atoms with Crippen molar-refractivity contribution in [1.82, 2.24) is 5.32 Å². The maximum Gasteiger partial charge on any atom is 0.0208 e. The second-order valence-corrected chi connectivity index (χ2v) is 5.91. The van der Waals surface area contributed by atoms with Crippen molar-refractivity contribution in [3.8, 4) is 0 Å². The third-order valence-electron chi connectivity index (χ3n) is 4.32. The molecule has 0 spiro atoms. The Morgan fingerprint density at radius 2 is 1.89 bits per heavy atom. The lowest BCUT2D eigenvalue weighted by Gasteiger charge is -2.23. The quantitative estimate of drug-likeness (QED) is 0.773. The number of hydrogen-bond acceptors (Lipinski definition) is 1. The Kier molecular flexibility index (Phi) is 5.25. The Morgan fingerprint density at radius 1 is 1.17 bits per heavy atom. The van der Waals surface area contributed by atoms with E-state index in [0.717, 1.165) is 12.5 Å². The zero-order valence-electron chi connectivity index (χ0n) is 11.9. The highest BCUT2D eigenvalue weighted by Crippen LogP contribution is 2.25. The van der Waals surface area contributed by atoms with Gasteiger partial charge in [-0.15, -0.1) is 0 Å². The van der Waals surface area contributed by atoms with Crippen molar-refractivity contribution in [2.75, 3.05) is 0 Å². The van der Waals surface area contributed by atoms with Gasteiger partial charge in [0.05, 0.1) is 0 Å². The molecule has 1 N–H and O–H groups in total. The molecule has 100 valence electrons. The van der Waals surface area contributed by atoms with E-state index in [1.165, 1.54) is 49.7 Å². The molecule has 1 aromatic carbocycles. The fraction of sp³-hybridized carbons (Fsp3) is 0.647. The topological polar surface area (TPSA) is 12.0 Å². The van der Waals surface area contributed by atoms with Crippen LogP contribution < -0.4 is 5.32 Å². The van der Waals surface area contributed by atoms with Gasteiger partial charge in [0.2, 0.25) is 0 Å². The third-order valence-corrected chi connectivity index (χ3v) is 4.32. The van der Waals surface area contributed by atoms with Crippen LogP contribution in [0.3, 0.4) is 0 Å². The van der Waals surface area contributed by atoms with E-state index in [-0.39, 0.29) is 0 Å². The van der Waals surface area contributed by atoms with Gasteiger partial charge in [-0.1, -0.05) is 55.5 Å². The molecule has 1 fully saturated rings. The summed E-state index contributed by atoms with van der Waals surface area (Å²) in [5.74, 6) is 0.886. The minimum Gasteiger partial charge on any atom is -0.310 e. The Labute approximate surface area is 112 Å². The highest BCUT2D eigenvalue weighted by molar-refractivity contribution is 5.22. The van der Waals surface area contributed by atoms with E-state index in [9.17, 15) is 0 Å². The fourth-order valence-electron chi connectivity index (χ4n) is 3.08. The maximum absolute atomic E-state index is 3.72. The van der Waals surface area contributed by atoms with E-state index >= 15 is 0 Å². The molecule has 0 amide bonds. The van der Waals surface area contributed by atoms with Crippen LogP contribution in [-0.2, 0) is 6.54 Å². The summed E-state index contributed by atoms with van der Waals surface area (Å²) >= 11 is 0. The molecule has 0 unspecified atom stereocenters. The van der Waals surface area contributed by atoms with Crippen LogP contribution in [0.2, 0.25) is 0 Å². The standard InChI is InChI=1S/C17H27N/c1-14-8-7-9-16(12-14)13-18-15(2)17-10-5-3-4-6-11-17/h7-9,12,15,17-18H,3-6,10-11,13H2,1-2H3/t15-/m0/s1. The molecule has 1 saturated carbocycles. The molecular formula is C17H27N. The molecule has 1 heteroatoms. The van der Waals surface area contributed by atoms with Crippen molar-refractivity contribution in [3.63, 3.8) is 0 Å². The van der Waals surface area contributed by atoms with Gasteiger partial charge >= 0.3 is 0 Å². The predicted octanol–water partition coefficient (Wildman–Crippen LogP) is 4.44. The van der Waals surface area contributed by atoms with E-state index in [2.05, 4.69) is 43.4 Å². The minimum absolute atomic E-state index is 0.656. The average molecular weight is 245 g/mol. The zero-order chi connectivity index (χ0) is 12.8. The van der Waals surface area contributed by atoms with E-state index in [1.54, 1.807) is 0 Å². The van der Waals surface area contributed by atoms with Crippen LogP contribution in [0.25, 0.3) is 0 Å². The second-order valence-electron chi connectivity index (χ2n) is 5.91. The summed E-state index contributed by atoms with van der Waals surface area (Å²) in [6.07, 6.45) is 8.59. The van der Waals surface area contributed by atoms with Crippen molar-refractivity contribution in [2.24, 2.45) is 5.92 Å². The molecular weight excluding hydrogens is 218 g/mol. The van der Waals surface area contributed by atoms with Crippen LogP contribution in [0.1, 0.15) is 56.6 Å². The Bertz CT molecular complexity index is 350. The fourth-order valence-corrected chi connectivity index (χ4v) is 3.08. The van der Waals surface area contributed by atoms with Crippen LogP contribution in [-0.4, -0.2) is 6.04 Å². The zero-order valence-corrected chi connectivity index (χ0v) is 11.9. The number of aryl methyl sites for hydroxylation is 1. The van der Waals surface area contributed by atoms with Gasteiger partial charge in [-0.2, -0.15) is 0 Å².